The molecule has 0 saturated heterocycles. The molecule has 0 aliphatic heterocycles. The van der Waals surface area contributed by atoms with Crippen molar-refractivity contribution in [3.05, 3.63) is 0 Å². The van der Waals surface area contributed by atoms with E-state index < -0.39 is 0 Å². The van der Waals surface area contributed by atoms with Crippen molar-refractivity contribution in [3.8, 4) is 0 Å². The Morgan fingerprint density at radius 2 is 0.0231 bits per heavy atom. The predicted octanol–water partition coefficient (Wildman–Crippen LogP) is -183. The van der Waals surface area contributed by atoms with Crippen molar-refractivity contribution in [2.45, 2.75) is 0 Å². The molecule has 0 amide bonds. The summed E-state index contributed by atoms with van der Waals surface area (Å²) in [4.78, 5) is 0. The summed E-state index contributed by atoms with van der Waals surface area (Å²) in [5, 5.41) is 0. The molecular formula is H110Na50O80. The van der Waals surface area contributed by atoms with E-state index >= 15 is 0 Å². The third-order valence-corrected chi connectivity index (χ3v) is 0. The molecule has 0 atom stereocenters. The van der Waals surface area contributed by atoms with Gasteiger partial charge in [-0.1, -0.05) is 0 Å². The third kappa shape index (κ3) is 2410. The largest absolute Gasteiger partial charge is 1.00 e. The van der Waals surface area contributed by atoms with Crippen LogP contribution in [0.3, 0.4) is 0 Å². The Morgan fingerprint density at radius 1 is 0.0231 bits per heavy atom. The summed E-state index contributed by atoms with van der Waals surface area (Å²) < 4.78 is 0. The van der Waals surface area contributed by atoms with Crippen LogP contribution in [0.4, 0.5) is 0 Å². The second-order valence-corrected chi connectivity index (χ2v) is 0. The Kier molecular flexibility index (Phi) is 47100. The van der Waals surface area contributed by atoms with E-state index in [1.807, 2.05) is 0 Å². The maximum absolute atomic E-state index is 0. The molecule has 0 spiro atoms. The monoisotopic (exact) mass is 2540 g/mol. The molecule has 0 heterocycles. The summed E-state index contributed by atoms with van der Waals surface area (Å²) in [6, 6.07) is 0. The van der Waals surface area contributed by atoms with Crippen LogP contribution in [0.1, 0.15) is 0 Å². The van der Waals surface area contributed by atoms with Gasteiger partial charge in [-0.05, 0) is 0 Å². The number of hydrogen-bond donors (Lipinski definition) is 0. The molecule has 0 saturated carbocycles. The predicted molar refractivity (Wildman–Crippen MR) is 205 cm³/mol. The topological polar surface area (TPSA) is 2440 Å². The average Bonchev–Trinajstić information content (AvgIpc) is 0. The molecule has 110 N–H and O–H groups in total. The van der Waals surface area contributed by atoms with E-state index in [1.165, 1.54) is 0 Å². The van der Waals surface area contributed by atoms with E-state index in [0.29, 0.717) is 0 Å². The van der Waals surface area contributed by atoms with E-state index in [-0.39, 0.29) is 1920 Å². The fourth-order valence-electron chi connectivity index (χ4n) is 0. The molecule has 0 aromatic heterocycles. The molecule has 0 fully saturated rings. The van der Waals surface area contributed by atoms with Crippen molar-refractivity contribution in [3.63, 3.8) is 0 Å². The third-order valence-electron chi connectivity index (χ3n) is 0. The molecule has 0 aromatic rings. The second-order valence-electron chi connectivity index (χ2n) is 0. The quantitative estimate of drug-likeness (QED) is 0.203. The van der Waals surface area contributed by atoms with Crippen LogP contribution in [0.15, 0.2) is 0 Å². The van der Waals surface area contributed by atoms with Crippen molar-refractivity contribution in [2.24, 2.45) is 0 Å². The summed E-state index contributed by atoms with van der Waals surface area (Å²) in [5.41, 5.74) is 0. The fourth-order valence-corrected chi connectivity index (χ4v) is 0. The first-order valence-electron chi connectivity index (χ1n) is 0. The van der Waals surface area contributed by atoms with Crippen LogP contribution in [0.2, 0.25) is 0 Å². The molecule has 0 aliphatic carbocycles. The van der Waals surface area contributed by atoms with Gasteiger partial charge in [-0.15, -0.1) is 0 Å². The Balaban J connectivity index is 0. The van der Waals surface area contributed by atoms with Gasteiger partial charge in [0.15, 0.2) is 0 Å². The SMILES string of the molecule is O.O.O.O.O.O.O.O.O.O.O.O.O.O.O.O.O.O.O.O.O.O.O.O.O.O.O.O.O.O.[Na+].[Na+].[Na+].[Na+].[Na+].[Na+].[Na+].[Na+].[Na+].[Na+].[Na+].[Na+].[Na+].[Na+].[Na+].[Na+].[Na+].[Na+].[Na+].[Na+].[Na+].[Na+].[Na+].[Na+].[Na+].[Na+].[Na+].[Na+].[Na+].[Na+].[Na+].[Na+].[Na+].[Na+].[Na+].[Na+].[Na+].[Na+].[Na+].[Na+].[Na+].[Na+].[Na+].[Na+].[Na+].[Na+].[Na+].[Na+].[Na+].[Na+].[OH-].[OH-].[OH-].[OH-].[OH-].[OH-].[OH-].[OH-].[OH-].[OH-].[OH-].[OH-].[OH-].[OH-].[OH-].[OH-].[OH-].[OH-].[OH-].[OH-].[OH-].[OH-].[OH-].[OH-].[OH-].[OH-].[OH-].[OH-].[OH-].[OH-].[OH-].[OH-].[OH-].[OH-].[OH-].[OH-].[OH-].[OH-].[OH-].[OH-].[OH-].[OH-].[OH-].[OH-].[OH-].[OH-].[OH-].[OH-].[OH-].[OH-]. The molecule has 0 bridgehead atoms. The summed E-state index contributed by atoms with van der Waals surface area (Å²) >= 11 is 0. The molecule has 0 aliphatic rings. The van der Waals surface area contributed by atoms with Crippen molar-refractivity contribution < 1.29 is 1920 Å². The molecule has 80 nitrogen and oxygen atoms in total. The molecule has 0 rings (SSSR count). The van der Waals surface area contributed by atoms with Crippen LogP contribution in [0, 0.1) is 0 Å². The Labute approximate surface area is 1860 Å². The molecule has 0 radical (unpaired) electrons. The zero-order valence-corrected chi connectivity index (χ0v) is 187. The summed E-state index contributed by atoms with van der Waals surface area (Å²) in [5.74, 6) is 0. The van der Waals surface area contributed by atoms with Crippen LogP contribution in [0.5, 0.6) is 0 Å². The van der Waals surface area contributed by atoms with Crippen molar-refractivity contribution >= 4 is 0 Å². The smallest absolute Gasteiger partial charge is 0.870 e. The van der Waals surface area contributed by atoms with Crippen LogP contribution >= 0.6 is 0 Å². The Morgan fingerprint density at radius 3 is 0.0231 bits per heavy atom. The molecule has 130 heteroatoms. The fraction of sp³-hybridized carbons (Fsp3) is 0. The van der Waals surface area contributed by atoms with E-state index in [0.717, 1.165) is 0 Å². The maximum Gasteiger partial charge on any atom is 1.00 e. The van der Waals surface area contributed by atoms with Gasteiger partial charge in [0.2, 0.25) is 0 Å². The first-order chi connectivity index (χ1) is 0. The minimum absolute atomic E-state index is 0. The summed E-state index contributed by atoms with van der Waals surface area (Å²) in [6.45, 7) is 0. The minimum atomic E-state index is 0. The van der Waals surface area contributed by atoms with Crippen LogP contribution in [-0.2, 0) is 0 Å². The van der Waals surface area contributed by atoms with Crippen molar-refractivity contribution in [2.75, 3.05) is 0 Å². The zero-order chi connectivity index (χ0) is 0. The average molecular weight is 2540 g/mol. The maximum atomic E-state index is 0. The first-order valence-corrected chi connectivity index (χ1v) is 0. The van der Waals surface area contributed by atoms with Gasteiger partial charge in [0, 0.05) is 0 Å². The van der Waals surface area contributed by atoms with Crippen LogP contribution < -0.4 is 1480 Å². The Hall–Kier alpha value is 46.8. The van der Waals surface area contributed by atoms with Gasteiger partial charge < -0.3 is 438 Å². The molecule has 640 valence electrons. The van der Waals surface area contributed by atoms with Gasteiger partial charge in [0.25, 0.3) is 0 Å². The summed E-state index contributed by atoms with van der Waals surface area (Å²) in [7, 11) is 0. The number of hydrogen-bond acceptors (Lipinski definition) is 50. The van der Waals surface area contributed by atoms with Gasteiger partial charge in [-0.2, -0.15) is 0 Å². The zero-order valence-electron chi connectivity index (χ0n) is 87.4. The van der Waals surface area contributed by atoms with Gasteiger partial charge in [-0.3, -0.25) is 0 Å². The van der Waals surface area contributed by atoms with E-state index in [9.17, 15) is 0 Å². The molecule has 0 unspecified atom stereocenters. The van der Waals surface area contributed by atoms with Crippen molar-refractivity contribution in [1.29, 1.82) is 0 Å². The summed E-state index contributed by atoms with van der Waals surface area (Å²) in [6.07, 6.45) is 0. The van der Waals surface area contributed by atoms with E-state index in [2.05, 4.69) is 0 Å². The Bertz CT molecular complexity index is 125. The molecule has 130 heavy (non-hydrogen) atoms. The standard InChI is InChI=1S/50Na.80H2O/h;;;;;;;;;;;;;;;;;;;;;;;;;;;;;;;;;;;;;;;;;;;;;;;;;;80*1H2/q50*+1;;;;;;;;;;;;;;;;;;;;;;;;;;;;;;;;;;;;;;;;;;;;;;;;;;;;;;;;;;;;;;;;;;;;;;;;;;;;;;;;/p-50. The minimum Gasteiger partial charge on any atom is -0.870 e. The van der Waals surface area contributed by atoms with Gasteiger partial charge in [0.05, 0.1) is 0 Å². The van der Waals surface area contributed by atoms with E-state index in [4.69, 9.17) is 0 Å². The van der Waals surface area contributed by atoms with Crippen molar-refractivity contribution in [1.82, 2.24) is 0 Å². The molecular weight excluding hydrogens is 2430 g/mol. The normalized spacial score (nSPS) is 0. The van der Waals surface area contributed by atoms with Gasteiger partial charge >= 0.3 is 1480 Å². The van der Waals surface area contributed by atoms with Gasteiger partial charge in [0.1, 0.15) is 0 Å². The van der Waals surface area contributed by atoms with Crippen LogP contribution in [0.25, 0.3) is 0 Å². The first kappa shape index (κ1) is 2490. The second kappa shape index (κ2) is 2450. The molecule has 0 aromatic carbocycles. The van der Waals surface area contributed by atoms with Gasteiger partial charge in [-0.25, -0.2) is 0 Å². The number of rotatable bonds is 0. The van der Waals surface area contributed by atoms with Crippen LogP contribution in [-0.4, -0.2) is 438 Å². The van der Waals surface area contributed by atoms with E-state index in [1.54, 1.807) is 0 Å².